The van der Waals surface area contributed by atoms with Crippen molar-refractivity contribution in [1.82, 2.24) is 9.55 Å². The number of hydrogen-bond donors (Lipinski definition) is 0. The monoisotopic (exact) mass is 313 g/mol. The first-order chi connectivity index (χ1) is 11.2. The minimum Gasteiger partial charge on any atom is -0.337 e. The van der Waals surface area contributed by atoms with E-state index in [0.717, 1.165) is 25.2 Å². The Morgan fingerprint density at radius 3 is 2.30 bits per heavy atom. The molecule has 0 fully saturated rings. The second-order valence-corrected chi connectivity index (χ2v) is 5.84. The number of aryl methyl sites for hydroxylation is 2. The Bertz CT molecular complexity index is 537. The molecule has 0 aliphatic heterocycles. The van der Waals surface area contributed by atoms with Crippen molar-refractivity contribution in [3.8, 4) is 0 Å². The van der Waals surface area contributed by atoms with Gasteiger partial charge in [0.1, 0.15) is 0 Å². The molecule has 2 rings (SSSR count). The second-order valence-electron chi connectivity index (χ2n) is 5.84. The molecular weight excluding hydrogens is 282 g/mol. The molecule has 0 saturated carbocycles. The number of nitrogens with zero attached hydrogens (tertiary/aromatic N) is 3. The summed E-state index contributed by atoms with van der Waals surface area (Å²) < 4.78 is 2.08. The summed E-state index contributed by atoms with van der Waals surface area (Å²) in [7, 11) is 0. The fraction of sp³-hybridized carbons (Fsp3) is 0.500. The van der Waals surface area contributed by atoms with Crippen molar-refractivity contribution in [2.45, 2.75) is 59.9 Å². The third-order valence-corrected chi connectivity index (χ3v) is 3.66. The largest absolute Gasteiger partial charge is 0.337 e. The molecular formula is C20H31N3. The highest BCUT2D eigenvalue weighted by molar-refractivity contribution is 5.98. The van der Waals surface area contributed by atoms with Crippen molar-refractivity contribution >= 4 is 5.71 Å². The molecule has 126 valence electrons. The maximum absolute atomic E-state index is 4.61. The van der Waals surface area contributed by atoms with Gasteiger partial charge in [-0.1, -0.05) is 62.9 Å². The topological polar surface area (TPSA) is 30.2 Å². The van der Waals surface area contributed by atoms with Crippen molar-refractivity contribution in [1.29, 1.82) is 0 Å². The lowest BCUT2D eigenvalue weighted by Gasteiger charge is -2.03. The summed E-state index contributed by atoms with van der Waals surface area (Å²) in [4.78, 5) is 8.63. The van der Waals surface area contributed by atoms with Crippen LogP contribution < -0.4 is 0 Å². The highest BCUT2D eigenvalue weighted by Crippen LogP contribution is 2.05. The molecule has 0 N–H and O–H groups in total. The molecule has 0 saturated heterocycles. The van der Waals surface area contributed by atoms with Crippen LogP contribution in [-0.2, 0) is 6.54 Å². The van der Waals surface area contributed by atoms with Gasteiger partial charge in [0, 0.05) is 31.2 Å². The molecule has 1 aromatic carbocycles. The van der Waals surface area contributed by atoms with Gasteiger partial charge in [0.05, 0.1) is 6.33 Å². The summed E-state index contributed by atoms with van der Waals surface area (Å²) >= 11 is 0. The van der Waals surface area contributed by atoms with Crippen LogP contribution in [0.5, 0.6) is 0 Å². The van der Waals surface area contributed by atoms with Crippen LogP contribution in [0.1, 0.15) is 57.6 Å². The molecule has 0 spiro atoms. The highest BCUT2D eigenvalue weighted by Gasteiger charge is 1.96. The molecule has 3 heteroatoms. The third-order valence-electron chi connectivity index (χ3n) is 3.66. The molecule has 1 heterocycles. The zero-order chi connectivity index (χ0) is 16.9. The zero-order valence-electron chi connectivity index (χ0n) is 15.1. The fourth-order valence-corrected chi connectivity index (χ4v) is 2.16. The van der Waals surface area contributed by atoms with Gasteiger partial charge in [-0.05, 0) is 25.8 Å². The molecule has 2 aromatic rings. The highest BCUT2D eigenvalue weighted by atomic mass is 15.0. The molecule has 0 amide bonds. The summed E-state index contributed by atoms with van der Waals surface area (Å²) in [5, 5.41) is 0. The zero-order valence-corrected chi connectivity index (χ0v) is 15.1. The first-order valence-corrected chi connectivity index (χ1v) is 8.71. The van der Waals surface area contributed by atoms with E-state index in [-0.39, 0.29) is 0 Å². The standard InChI is InChI=1S/C15H19N3.C5H12/c1-13-4-6-15(7-5-13)14(2)17-8-3-10-18-11-9-16-12-18;1-3-5-4-2/h4-7,9,11-12H,3,8,10H2,1-2H3;3-5H2,1-2H3. The van der Waals surface area contributed by atoms with Gasteiger partial charge in [0.2, 0.25) is 0 Å². The van der Waals surface area contributed by atoms with Crippen LogP contribution in [0.2, 0.25) is 0 Å². The summed E-state index contributed by atoms with van der Waals surface area (Å²) in [5.74, 6) is 0. The van der Waals surface area contributed by atoms with Crippen molar-refractivity contribution in [3.63, 3.8) is 0 Å². The average Bonchev–Trinajstić information content (AvgIpc) is 3.07. The minimum atomic E-state index is 0.859. The summed E-state index contributed by atoms with van der Waals surface area (Å²) in [6.07, 6.45) is 10.8. The van der Waals surface area contributed by atoms with Gasteiger partial charge < -0.3 is 4.57 Å². The quantitative estimate of drug-likeness (QED) is 0.505. The normalized spacial score (nSPS) is 11.0. The van der Waals surface area contributed by atoms with Crippen LogP contribution in [0.25, 0.3) is 0 Å². The SMILES string of the molecule is CC(=NCCCn1ccnc1)c1ccc(C)cc1.CCCCC. The lowest BCUT2D eigenvalue weighted by molar-refractivity contribution is 0.651. The lowest BCUT2D eigenvalue weighted by atomic mass is 10.1. The van der Waals surface area contributed by atoms with Crippen molar-refractivity contribution in [2.75, 3.05) is 6.54 Å². The molecule has 0 aliphatic rings. The minimum absolute atomic E-state index is 0.859. The maximum atomic E-state index is 4.61. The van der Waals surface area contributed by atoms with E-state index in [9.17, 15) is 0 Å². The Balaban J connectivity index is 0.000000463. The molecule has 0 atom stereocenters. The predicted molar refractivity (Wildman–Crippen MR) is 100 cm³/mol. The van der Waals surface area contributed by atoms with E-state index in [4.69, 9.17) is 0 Å². The van der Waals surface area contributed by atoms with Crippen LogP contribution in [0.15, 0.2) is 48.0 Å². The van der Waals surface area contributed by atoms with Gasteiger partial charge in [-0.3, -0.25) is 4.99 Å². The van der Waals surface area contributed by atoms with Gasteiger partial charge in [-0.2, -0.15) is 0 Å². The van der Waals surface area contributed by atoms with Crippen LogP contribution in [0, 0.1) is 6.92 Å². The van der Waals surface area contributed by atoms with Gasteiger partial charge in [-0.15, -0.1) is 0 Å². The molecule has 3 nitrogen and oxygen atoms in total. The van der Waals surface area contributed by atoms with E-state index in [0.29, 0.717) is 0 Å². The van der Waals surface area contributed by atoms with Crippen LogP contribution in [-0.4, -0.2) is 21.8 Å². The van der Waals surface area contributed by atoms with Gasteiger partial charge in [0.25, 0.3) is 0 Å². The van der Waals surface area contributed by atoms with E-state index < -0.39 is 0 Å². The van der Waals surface area contributed by atoms with E-state index >= 15 is 0 Å². The lowest BCUT2D eigenvalue weighted by Crippen LogP contribution is -2.00. The molecule has 1 aromatic heterocycles. The van der Waals surface area contributed by atoms with E-state index in [1.54, 1.807) is 6.20 Å². The van der Waals surface area contributed by atoms with Crippen LogP contribution in [0.3, 0.4) is 0 Å². The predicted octanol–water partition coefficient (Wildman–Crippen LogP) is 5.29. The summed E-state index contributed by atoms with van der Waals surface area (Å²) in [6, 6.07) is 8.51. The van der Waals surface area contributed by atoms with Gasteiger partial charge in [0.15, 0.2) is 0 Å². The Hall–Kier alpha value is -1.90. The molecule has 0 radical (unpaired) electrons. The number of imidazole rings is 1. The molecule has 0 bridgehead atoms. The van der Waals surface area contributed by atoms with E-state index in [1.165, 1.54) is 30.4 Å². The summed E-state index contributed by atoms with van der Waals surface area (Å²) in [6.45, 7) is 10.4. The number of aliphatic imine (C=N–C) groups is 1. The number of aromatic nitrogens is 2. The number of rotatable bonds is 7. The van der Waals surface area contributed by atoms with E-state index in [2.05, 4.69) is 66.5 Å². The van der Waals surface area contributed by atoms with Crippen molar-refractivity contribution in [2.24, 2.45) is 4.99 Å². The number of unbranched alkanes of at least 4 members (excludes halogenated alkanes) is 2. The molecule has 0 unspecified atom stereocenters. The van der Waals surface area contributed by atoms with Crippen molar-refractivity contribution in [3.05, 3.63) is 54.1 Å². The van der Waals surface area contributed by atoms with Crippen molar-refractivity contribution < 1.29 is 0 Å². The molecule has 0 aliphatic carbocycles. The number of hydrogen-bond acceptors (Lipinski definition) is 2. The maximum Gasteiger partial charge on any atom is 0.0945 e. The van der Waals surface area contributed by atoms with Crippen LogP contribution >= 0.6 is 0 Å². The Labute approximate surface area is 141 Å². The smallest absolute Gasteiger partial charge is 0.0945 e. The van der Waals surface area contributed by atoms with Gasteiger partial charge in [-0.25, -0.2) is 4.98 Å². The van der Waals surface area contributed by atoms with Gasteiger partial charge >= 0.3 is 0 Å². The third kappa shape index (κ3) is 8.34. The van der Waals surface area contributed by atoms with E-state index in [1.807, 2.05) is 12.5 Å². The first kappa shape index (κ1) is 19.1. The summed E-state index contributed by atoms with van der Waals surface area (Å²) in [5.41, 5.74) is 3.61. The molecule has 23 heavy (non-hydrogen) atoms. The Kier molecular flexibility index (Phi) is 9.69. The second kappa shape index (κ2) is 11.6. The Morgan fingerprint density at radius 1 is 1.09 bits per heavy atom. The Morgan fingerprint density at radius 2 is 1.78 bits per heavy atom. The van der Waals surface area contributed by atoms with Crippen LogP contribution in [0.4, 0.5) is 0 Å². The average molecular weight is 313 g/mol. The number of benzene rings is 1. The first-order valence-electron chi connectivity index (χ1n) is 8.71. The fourth-order valence-electron chi connectivity index (χ4n) is 2.16.